The van der Waals surface area contributed by atoms with Crippen molar-refractivity contribution < 1.29 is 14.3 Å². The number of hydrogen-bond donors (Lipinski definition) is 0. The Morgan fingerprint density at radius 3 is 2.52 bits per heavy atom. The summed E-state index contributed by atoms with van der Waals surface area (Å²) in [5.74, 6) is 1.19. The van der Waals surface area contributed by atoms with E-state index in [-0.39, 0.29) is 5.78 Å². The van der Waals surface area contributed by atoms with Crippen LogP contribution >= 0.6 is 11.6 Å². The molecule has 0 radical (unpaired) electrons. The normalized spacial score (nSPS) is 11.1. The van der Waals surface area contributed by atoms with Gasteiger partial charge in [-0.05, 0) is 56.1 Å². The van der Waals surface area contributed by atoms with Gasteiger partial charge in [-0.15, -0.1) is 0 Å². The molecule has 25 heavy (non-hydrogen) atoms. The highest BCUT2D eigenvalue weighted by atomic mass is 35.5. The molecule has 0 aromatic heterocycles. The van der Waals surface area contributed by atoms with E-state index in [0.717, 1.165) is 17.9 Å². The van der Waals surface area contributed by atoms with E-state index in [9.17, 15) is 4.79 Å². The maximum Gasteiger partial charge on any atom is 0.185 e. The summed E-state index contributed by atoms with van der Waals surface area (Å²) in [5, 5.41) is 0.480. The average molecular weight is 360 g/mol. The van der Waals surface area contributed by atoms with Crippen molar-refractivity contribution in [1.82, 2.24) is 4.90 Å². The largest absolute Gasteiger partial charge is 0.495 e. The molecule has 0 N–H and O–H groups in total. The van der Waals surface area contributed by atoms with Gasteiger partial charge in [-0.2, -0.15) is 0 Å². The van der Waals surface area contributed by atoms with Crippen molar-refractivity contribution in [3.05, 3.63) is 64.7 Å². The Morgan fingerprint density at radius 1 is 1.16 bits per heavy atom. The molecule has 0 saturated heterocycles. The first-order chi connectivity index (χ1) is 12.0. The van der Waals surface area contributed by atoms with Crippen LogP contribution in [0.1, 0.15) is 15.9 Å². The molecular formula is C20H22ClNO3. The third kappa shape index (κ3) is 5.93. The predicted molar refractivity (Wildman–Crippen MR) is 102 cm³/mol. The van der Waals surface area contributed by atoms with Gasteiger partial charge in [-0.1, -0.05) is 29.8 Å². The molecule has 0 bridgehead atoms. The van der Waals surface area contributed by atoms with Gasteiger partial charge >= 0.3 is 0 Å². The Hall–Kier alpha value is -2.30. The zero-order chi connectivity index (χ0) is 18.2. The number of carbonyl (C=O) groups excluding carboxylic acids is 1. The fourth-order valence-electron chi connectivity index (χ4n) is 2.10. The number of nitrogens with zero attached hydrogens (tertiary/aromatic N) is 1. The van der Waals surface area contributed by atoms with Crippen LogP contribution in [0, 0.1) is 0 Å². The van der Waals surface area contributed by atoms with E-state index in [1.807, 2.05) is 38.4 Å². The topological polar surface area (TPSA) is 38.8 Å². The molecule has 2 aromatic carbocycles. The van der Waals surface area contributed by atoms with Crippen LogP contribution in [0.4, 0.5) is 0 Å². The molecule has 0 aliphatic carbocycles. The van der Waals surface area contributed by atoms with Crippen LogP contribution in [0.25, 0.3) is 6.08 Å². The van der Waals surface area contributed by atoms with Gasteiger partial charge in [0.2, 0.25) is 0 Å². The summed E-state index contributed by atoms with van der Waals surface area (Å²) < 4.78 is 10.8. The van der Waals surface area contributed by atoms with Crippen LogP contribution in [-0.2, 0) is 0 Å². The number of methoxy groups -OCH3 is 1. The molecule has 0 fully saturated rings. The molecule has 0 aliphatic heterocycles. The van der Waals surface area contributed by atoms with E-state index in [4.69, 9.17) is 21.1 Å². The number of benzene rings is 2. The maximum atomic E-state index is 12.3. The Bertz CT molecular complexity index is 739. The third-order valence-electron chi connectivity index (χ3n) is 3.55. The van der Waals surface area contributed by atoms with Crippen LogP contribution in [0.2, 0.25) is 5.02 Å². The van der Waals surface area contributed by atoms with Gasteiger partial charge in [0.05, 0.1) is 12.1 Å². The number of ketones is 1. The number of ether oxygens (including phenoxy) is 2. The van der Waals surface area contributed by atoms with Crippen molar-refractivity contribution in [1.29, 1.82) is 0 Å². The first kappa shape index (κ1) is 19.0. The smallest absolute Gasteiger partial charge is 0.185 e. The lowest BCUT2D eigenvalue weighted by Gasteiger charge is -2.10. The van der Waals surface area contributed by atoms with Gasteiger partial charge in [0, 0.05) is 12.1 Å². The minimum atomic E-state index is -0.110. The molecule has 0 aliphatic rings. The Morgan fingerprint density at radius 2 is 1.88 bits per heavy atom. The molecule has 2 aromatic rings. The summed E-state index contributed by atoms with van der Waals surface area (Å²) in [6.45, 7) is 1.50. The monoisotopic (exact) mass is 359 g/mol. The van der Waals surface area contributed by atoms with Gasteiger partial charge in [-0.25, -0.2) is 0 Å². The van der Waals surface area contributed by atoms with E-state index in [0.29, 0.717) is 22.9 Å². The fraction of sp³-hybridized carbons (Fsp3) is 0.250. The van der Waals surface area contributed by atoms with Crippen LogP contribution in [0.3, 0.4) is 0 Å². The van der Waals surface area contributed by atoms with Gasteiger partial charge in [0.1, 0.15) is 18.1 Å². The molecule has 0 unspecified atom stereocenters. The lowest BCUT2D eigenvalue weighted by atomic mass is 10.1. The highest BCUT2D eigenvalue weighted by Crippen LogP contribution is 2.25. The second-order valence-corrected chi connectivity index (χ2v) is 6.17. The summed E-state index contributed by atoms with van der Waals surface area (Å²) in [7, 11) is 5.53. The van der Waals surface area contributed by atoms with E-state index in [2.05, 4.69) is 4.90 Å². The first-order valence-electron chi connectivity index (χ1n) is 7.93. The number of hydrogen-bond acceptors (Lipinski definition) is 4. The van der Waals surface area contributed by atoms with Gasteiger partial charge < -0.3 is 14.4 Å². The zero-order valence-electron chi connectivity index (χ0n) is 14.7. The Kier molecular flexibility index (Phi) is 7.04. The predicted octanol–water partition coefficient (Wildman–Crippen LogP) is 4.19. The van der Waals surface area contributed by atoms with Crippen molar-refractivity contribution in [2.75, 3.05) is 34.4 Å². The van der Waals surface area contributed by atoms with E-state index in [1.54, 1.807) is 24.3 Å². The number of halogens is 1. The average Bonchev–Trinajstić information content (AvgIpc) is 2.61. The van der Waals surface area contributed by atoms with Gasteiger partial charge in [-0.3, -0.25) is 4.79 Å². The van der Waals surface area contributed by atoms with Gasteiger partial charge in [0.15, 0.2) is 5.78 Å². The summed E-state index contributed by atoms with van der Waals surface area (Å²) in [5.41, 5.74) is 1.45. The number of likely N-dealkylation sites (N-methyl/N-ethyl adjacent to an activating group) is 1. The second kappa shape index (κ2) is 9.25. The standard InChI is InChI=1S/C20H22ClNO3/c1-22(2)12-13-25-17-8-4-15(5-9-17)6-11-19(23)16-7-10-18(21)20(14-16)24-3/h4-11,14H,12-13H2,1-3H3. The quantitative estimate of drug-likeness (QED) is 0.523. The summed E-state index contributed by atoms with van der Waals surface area (Å²) in [4.78, 5) is 14.3. The highest BCUT2D eigenvalue weighted by molar-refractivity contribution is 6.32. The van der Waals surface area contributed by atoms with Crippen LogP contribution in [0.15, 0.2) is 48.5 Å². The lowest BCUT2D eigenvalue weighted by molar-refractivity contribution is 0.104. The molecule has 132 valence electrons. The Labute approximate surface area is 153 Å². The molecule has 0 heterocycles. The second-order valence-electron chi connectivity index (χ2n) is 5.77. The molecule has 0 spiro atoms. The fourth-order valence-corrected chi connectivity index (χ4v) is 2.30. The maximum absolute atomic E-state index is 12.3. The summed E-state index contributed by atoms with van der Waals surface area (Å²) >= 11 is 5.97. The van der Waals surface area contributed by atoms with Crippen LogP contribution in [0.5, 0.6) is 11.5 Å². The SMILES string of the molecule is COc1cc(C(=O)C=Cc2ccc(OCCN(C)C)cc2)ccc1Cl. The number of rotatable bonds is 8. The lowest BCUT2D eigenvalue weighted by Crippen LogP contribution is -2.19. The number of allylic oxidation sites excluding steroid dienone is 1. The molecule has 5 heteroatoms. The zero-order valence-corrected chi connectivity index (χ0v) is 15.4. The number of carbonyl (C=O) groups is 1. The van der Waals surface area contributed by atoms with Crippen molar-refractivity contribution >= 4 is 23.5 Å². The molecule has 0 saturated carbocycles. The first-order valence-corrected chi connectivity index (χ1v) is 8.31. The molecule has 4 nitrogen and oxygen atoms in total. The minimum Gasteiger partial charge on any atom is -0.495 e. The van der Waals surface area contributed by atoms with E-state index < -0.39 is 0 Å². The molecule has 0 amide bonds. The van der Waals surface area contributed by atoms with Crippen molar-refractivity contribution in [3.8, 4) is 11.5 Å². The minimum absolute atomic E-state index is 0.110. The van der Waals surface area contributed by atoms with Crippen molar-refractivity contribution in [2.45, 2.75) is 0 Å². The van der Waals surface area contributed by atoms with Crippen molar-refractivity contribution in [2.24, 2.45) is 0 Å². The summed E-state index contributed by atoms with van der Waals surface area (Å²) in [6.07, 6.45) is 3.30. The third-order valence-corrected chi connectivity index (χ3v) is 3.86. The van der Waals surface area contributed by atoms with Gasteiger partial charge in [0.25, 0.3) is 0 Å². The van der Waals surface area contributed by atoms with E-state index in [1.165, 1.54) is 13.2 Å². The van der Waals surface area contributed by atoms with Crippen molar-refractivity contribution in [3.63, 3.8) is 0 Å². The summed E-state index contributed by atoms with van der Waals surface area (Å²) in [6, 6.07) is 12.6. The molecule has 0 atom stereocenters. The van der Waals surface area contributed by atoms with E-state index >= 15 is 0 Å². The Balaban J connectivity index is 1.98. The molecular weight excluding hydrogens is 338 g/mol. The van der Waals surface area contributed by atoms with Crippen LogP contribution < -0.4 is 9.47 Å². The van der Waals surface area contributed by atoms with Crippen LogP contribution in [-0.4, -0.2) is 45.0 Å². The molecule has 2 rings (SSSR count). The highest BCUT2D eigenvalue weighted by Gasteiger charge is 2.06.